The van der Waals surface area contributed by atoms with Crippen molar-refractivity contribution in [3.63, 3.8) is 0 Å². The van der Waals surface area contributed by atoms with Crippen molar-refractivity contribution in [3.8, 4) is 5.00 Å². The minimum absolute atomic E-state index is 0.0157. The number of hydrogen-bond donors (Lipinski definition) is 2. The monoisotopic (exact) mass is 464 g/mol. The summed E-state index contributed by atoms with van der Waals surface area (Å²) >= 11 is 3.11. The summed E-state index contributed by atoms with van der Waals surface area (Å²) in [5.74, 6) is 0.740. The Hall–Kier alpha value is -1.66. The predicted molar refractivity (Wildman–Crippen MR) is 119 cm³/mol. The first-order chi connectivity index (χ1) is 15.0. The summed E-state index contributed by atoms with van der Waals surface area (Å²) in [5, 5.41) is 16.2. The maximum atomic E-state index is 12.2. The molecule has 1 fully saturated rings. The lowest BCUT2D eigenvalue weighted by Gasteiger charge is -2.34. The number of thiophene rings is 1. The zero-order valence-corrected chi connectivity index (χ0v) is 19.7. The van der Waals surface area contributed by atoms with Crippen LogP contribution in [0.4, 0.5) is 5.95 Å². The van der Waals surface area contributed by atoms with Crippen LogP contribution < -0.4 is 15.8 Å². The number of hydrogen-bond acceptors (Lipinski definition) is 10. The molecular weight excluding hydrogens is 436 g/mol. The number of esters is 1. The number of rotatable bonds is 7. The molecule has 1 atom stereocenters. The van der Waals surface area contributed by atoms with Crippen molar-refractivity contribution in [3.05, 3.63) is 16.0 Å². The summed E-state index contributed by atoms with van der Waals surface area (Å²) in [7, 11) is 0. The van der Waals surface area contributed by atoms with Crippen molar-refractivity contribution in [2.45, 2.75) is 70.0 Å². The molecule has 2 N–H and O–H groups in total. The van der Waals surface area contributed by atoms with Crippen LogP contribution in [-0.4, -0.2) is 45.4 Å². The Balaban J connectivity index is 1.42. The van der Waals surface area contributed by atoms with E-state index in [1.807, 2.05) is 5.01 Å². The van der Waals surface area contributed by atoms with Gasteiger partial charge in [0.2, 0.25) is 5.95 Å². The van der Waals surface area contributed by atoms with Crippen molar-refractivity contribution >= 4 is 35.0 Å². The van der Waals surface area contributed by atoms with Crippen LogP contribution in [0.3, 0.4) is 0 Å². The summed E-state index contributed by atoms with van der Waals surface area (Å²) in [6, 6.07) is 0. The zero-order valence-electron chi connectivity index (χ0n) is 18.1. The van der Waals surface area contributed by atoms with Crippen LogP contribution in [0.5, 0.6) is 0 Å². The number of thioether (sulfide) groups is 1. The molecule has 168 valence electrons. The van der Waals surface area contributed by atoms with Gasteiger partial charge in [-0.25, -0.2) is 9.99 Å². The topological polar surface area (TPSA) is 93.5 Å². The standard InChI is InChI=1S/C20H28N6O3S2/c1-4-5-6-7-28-14(27)10-30-19-24-23-18-25(19)17-15(16-21-11-22-26(16)18)12-8-20(2,3)29-9-13(12)31-17/h16,21-22H,4-11H2,1-3H3. The number of ether oxygens (including phenoxy) is 2. The molecule has 1 unspecified atom stereocenters. The molecular formula is C20H28N6O3S2. The molecule has 5 heterocycles. The number of fused-ring (bicyclic) bond motifs is 8. The van der Waals surface area contributed by atoms with E-state index >= 15 is 0 Å². The third-order valence-electron chi connectivity index (χ3n) is 5.75. The second-order valence-electron chi connectivity index (χ2n) is 8.59. The molecule has 0 spiro atoms. The normalized spacial score (nSPS) is 20.7. The van der Waals surface area contributed by atoms with Crippen molar-refractivity contribution in [1.29, 1.82) is 0 Å². The maximum absolute atomic E-state index is 12.2. The smallest absolute Gasteiger partial charge is 0.316 e. The minimum Gasteiger partial charge on any atom is -0.465 e. The van der Waals surface area contributed by atoms with Gasteiger partial charge in [-0.1, -0.05) is 31.5 Å². The summed E-state index contributed by atoms with van der Waals surface area (Å²) in [4.78, 5) is 13.4. The Morgan fingerprint density at radius 1 is 1.39 bits per heavy atom. The first-order valence-corrected chi connectivity index (χ1v) is 12.6. The van der Waals surface area contributed by atoms with Gasteiger partial charge in [0, 0.05) is 16.9 Å². The average molecular weight is 465 g/mol. The molecule has 31 heavy (non-hydrogen) atoms. The lowest BCUT2D eigenvalue weighted by Crippen LogP contribution is -2.40. The Morgan fingerprint density at radius 3 is 3.10 bits per heavy atom. The van der Waals surface area contributed by atoms with Gasteiger partial charge in [0.25, 0.3) is 0 Å². The van der Waals surface area contributed by atoms with Crippen LogP contribution >= 0.6 is 23.1 Å². The fourth-order valence-corrected chi connectivity index (χ4v) is 6.28. The lowest BCUT2D eigenvalue weighted by atomic mass is 9.92. The number of unbranched alkanes of at least 4 members (excludes halogenated alkanes) is 2. The van der Waals surface area contributed by atoms with Crippen molar-refractivity contribution in [2.75, 3.05) is 24.0 Å². The van der Waals surface area contributed by atoms with E-state index in [2.05, 4.69) is 46.3 Å². The fraction of sp³-hybridized carbons (Fsp3) is 0.650. The van der Waals surface area contributed by atoms with Crippen LogP contribution in [0.1, 0.15) is 62.2 Å². The van der Waals surface area contributed by atoms with E-state index in [9.17, 15) is 4.79 Å². The number of carbonyl (C=O) groups is 1. The quantitative estimate of drug-likeness (QED) is 0.364. The summed E-state index contributed by atoms with van der Waals surface area (Å²) in [6.45, 7) is 8.16. The Labute approximate surface area is 189 Å². The summed E-state index contributed by atoms with van der Waals surface area (Å²) in [5.41, 5.74) is 5.79. The van der Waals surface area contributed by atoms with E-state index < -0.39 is 0 Å². The number of aromatic nitrogens is 3. The third-order valence-corrected chi connectivity index (χ3v) is 7.86. The molecule has 0 aliphatic carbocycles. The number of anilines is 1. The molecule has 0 amide bonds. The van der Waals surface area contributed by atoms with Crippen LogP contribution in [0.2, 0.25) is 0 Å². The Bertz CT molecular complexity index is 988. The molecule has 3 aliphatic rings. The fourth-order valence-electron chi connectivity index (χ4n) is 4.23. The predicted octanol–water partition coefficient (Wildman–Crippen LogP) is 2.89. The molecule has 0 aromatic carbocycles. The highest BCUT2D eigenvalue weighted by molar-refractivity contribution is 7.99. The average Bonchev–Trinajstić information content (AvgIpc) is 3.44. The molecule has 5 rings (SSSR count). The number of carbonyl (C=O) groups excluding carboxylic acids is 1. The van der Waals surface area contributed by atoms with E-state index in [-0.39, 0.29) is 23.5 Å². The third kappa shape index (κ3) is 3.86. The van der Waals surface area contributed by atoms with Crippen molar-refractivity contribution in [1.82, 2.24) is 25.5 Å². The van der Waals surface area contributed by atoms with Gasteiger partial charge in [0.1, 0.15) is 11.2 Å². The maximum Gasteiger partial charge on any atom is 0.316 e. The number of hydrazine groups is 1. The van der Waals surface area contributed by atoms with Crippen molar-refractivity contribution < 1.29 is 14.3 Å². The van der Waals surface area contributed by atoms with Crippen LogP contribution in [0.25, 0.3) is 5.00 Å². The largest absolute Gasteiger partial charge is 0.465 e. The highest BCUT2D eigenvalue weighted by Gasteiger charge is 2.43. The van der Waals surface area contributed by atoms with E-state index in [1.165, 1.54) is 27.8 Å². The molecule has 1 saturated heterocycles. The molecule has 0 bridgehead atoms. The second kappa shape index (κ2) is 8.36. The SMILES string of the molecule is CCCCCOC(=O)CSc1nnc2n1-c1sc3c(c1C1NCNN21)CC(C)(C)OC3. The number of nitrogens with zero attached hydrogens (tertiary/aromatic N) is 4. The van der Waals surface area contributed by atoms with Crippen LogP contribution in [-0.2, 0) is 27.3 Å². The van der Waals surface area contributed by atoms with E-state index in [0.717, 1.165) is 36.6 Å². The molecule has 2 aromatic heterocycles. The Kier molecular flexibility index (Phi) is 5.72. The van der Waals surface area contributed by atoms with Gasteiger partial charge >= 0.3 is 5.97 Å². The number of nitrogens with one attached hydrogen (secondary N) is 2. The van der Waals surface area contributed by atoms with Crippen LogP contribution in [0, 0.1) is 0 Å². The minimum atomic E-state index is -0.214. The molecule has 9 nitrogen and oxygen atoms in total. The van der Waals surface area contributed by atoms with Gasteiger partial charge in [0.05, 0.1) is 31.2 Å². The van der Waals surface area contributed by atoms with Gasteiger partial charge in [0.15, 0.2) is 5.16 Å². The molecule has 2 aromatic rings. The summed E-state index contributed by atoms with van der Waals surface area (Å²) < 4.78 is 13.5. The highest BCUT2D eigenvalue weighted by atomic mass is 32.2. The van der Waals surface area contributed by atoms with Crippen LogP contribution in [0.15, 0.2) is 5.16 Å². The summed E-state index contributed by atoms with van der Waals surface area (Å²) in [6.07, 6.45) is 3.97. The van der Waals surface area contributed by atoms with Gasteiger partial charge in [-0.15, -0.1) is 21.5 Å². The Morgan fingerprint density at radius 2 is 2.26 bits per heavy atom. The van der Waals surface area contributed by atoms with Gasteiger partial charge in [-0.05, 0) is 25.8 Å². The zero-order chi connectivity index (χ0) is 21.6. The molecule has 11 heteroatoms. The van der Waals surface area contributed by atoms with Gasteiger partial charge in [-0.3, -0.25) is 15.1 Å². The van der Waals surface area contributed by atoms with E-state index in [4.69, 9.17) is 9.47 Å². The highest BCUT2D eigenvalue weighted by Crippen LogP contribution is 2.48. The van der Waals surface area contributed by atoms with E-state index in [0.29, 0.717) is 25.0 Å². The molecule has 0 saturated carbocycles. The second-order valence-corrected chi connectivity index (χ2v) is 10.6. The first-order valence-electron chi connectivity index (χ1n) is 10.8. The van der Waals surface area contributed by atoms with E-state index in [1.54, 1.807) is 11.3 Å². The molecule has 3 aliphatic heterocycles. The van der Waals surface area contributed by atoms with Gasteiger partial charge < -0.3 is 9.47 Å². The lowest BCUT2D eigenvalue weighted by molar-refractivity contribution is -0.140. The first kappa shape index (κ1) is 21.2. The van der Waals surface area contributed by atoms with Gasteiger partial charge in [-0.2, -0.15) is 0 Å². The van der Waals surface area contributed by atoms with Crippen molar-refractivity contribution in [2.24, 2.45) is 0 Å². The molecule has 0 radical (unpaired) electrons.